The van der Waals surface area contributed by atoms with E-state index in [9.17, 15) is 0 Å². The van der Waals surface area contributed by atoms with E-state index in [1.165, 1.54) is 0 Å². The minimum atomic E-state index is -5.12. The maximum Gasteiger partial charge on any atom is 0 e. The molecular weight excluding hydrogens is 206 g/mol. The Bertz CT molecular complexity index is 99.2. The predicted molar refractivity (Wildman–Crippen MR) is 6.92 cm³/mol. The van der Waals surface area contributed by atoms with E-state index in [-0.39, 0.29) is 74.5 Å². The molecule has 0 aliphatic rings. The second-order valence-electron chi connectivity index (χ2n) is 0.415. The molecule has 0 aromatic heterocycles. The smallest absolute Gasteiger partial charge is 0 e. The first kappa shape index (κ1) is 16.2. The molecule has 7 heteroatoms. The van der Waals surface area contributed by atoms with Gasteiger partial charge in [-0.25, -0.2) is 0 Å². The molecule has 4 nitrogen and oxygen atoms in total. The van der Waals surface area contributed by atoms with E-state index >= 15 is 0 Å². The van der Waals surface area contributed by atoms with Crippen molar-refractivity contribution >= 4 is 0 Å². The molecule has 0 bridgehead atoms. The van der Waals surface area contributed by atoms with Gasteiger partial charge in [-0.2, -0.15) is 0 Å². The van der Waals surface area contributed by atoms with Crippen LogP contribution in [-0.2, 0) is 42.8 Å². The van der Waals surface area contributed by atoms with E-state index in [1.807, 2.05) is 0 Å². The minimum absolute atomic E-state index is 0. The third-order valence-electron chi connectivity index (χ3n) is 0. The van der Waals surface area contributed by atoms with Crippen LogP contribution in [0.3, 0.4) is 0 Å². The number of hydrogen-bond acceptors (Lipinski definition) is 2. The van der Waals surface area contributed by atoms with Crippen LogP contribution in [-0.4, -0.2) is 8.38 Å². The summed E-state index contributed by atoms with van der Waals surface area (Å²) in [5.41, 5.74) is 0. The van der Waals surface area contributed by atoms with Gasteiger partial charge in [0.2, 0.25) is 0 Å². The fraction of sp³-hybridized carbons (Fsp3) is 0. The van der Waals surface area contributed by atoms with Crippen LogP contribution in [0.5, 0.6) is 0 Å². The van der Waals surface area contributed by atoms with Crippen LogP contribution in [0.4, 0.5) is 0 Å². The molecule has 0 rings (SSSR count). The second-order valence-corrected chi connectivity index (χ2v) is 1.71. The van der Waals surface area contributed by atoms with Gasteiger partial charge in [0.05, 0.1) is 0 Å². The van der Waals surface area contributed by atoms with E-state index in [1.54, 1.807) is 0 Å². The molecule has 0 atom stereocenters. The molecule has 0 saturated carbocycles. The first-order chi connectivity index (χ1) is 2.00. The Hall–Kier alpha value is 2.39. The molecule has 2 N–H and O–H groups in total. The summed E-state index contributed by atoms with van der Waals surface area (Å²) in [5.74, 6) is 0. The maximum absolute atomic E-state index is 8.80. The Kier molecular flexibility index (Phi) is 15.1. The van der Waals surface area contributed by atoms with E-state index in [4.69, 9.17) is 16.0 Å². The molecule has 0 spiro atoms. The van der Waals surface area contributed by atoms with Crippen LogP contribution in [0, 0.1) is 0 Å². The Morgan fingerprint density at radius 2 is 1.29 bits per heavy atom. The molecule has 0 fully saturated rings. The van der Waals surface area contributed by atoms with E-state index in [2.05, 4.69) is 0 Å². The fourth-order valence-corrected chi connectivity index (χ4v) is 0. The van der Waals surface area contributed by atoms with Crippen molar-refractivity contribution in [1.29, 1.82) is 0 Å². The van der Waals surface area contributed by atoms with Gasteiger partial charge in [-0.1, -0.05) is 0 Å². The predicted octanol–water partition coefficient (Wildman–Crippen LogP) is -4.24. The molecule has 0 amide bonds. The molecule has 0 radical (unpaired) electrons. The fourth-order valence-electron chi connectivity index (χ4n) is 0. The molecule has 0 unspecified atom stereocenters. The molecule has 39 valence electrons. The summed E-state index contributed by atoms with van der Waals surface area (Å²) in [5, 5.41) is 0. The average molecular weight is 209 g/mol. The van der Waals surface area contributed by atoms with Crippen LogP contribution in [0.15, 0.2) is 0 Å². The standard InChI is InChI=1S/K.Mn.2H2O.2O.Ti.H/h;;2*1H2;;;;/q+1;+2;;;;;;-1/p-2. The number of rotatable bonds is 0. The van der Waals surface area contributed by atoms with Crippen LogP contribution in [0.25, 0.3) is 0 Å². The molecule has 0 aromatic carbocycles. The van der Waals surface area contributed by atoms with E-state index < -0.39 is 13.4 Å². The van der Waals surface area contributed by atoms with Crippen LogP contribution < -0.4 is 51.4 Å². The van der Waals surface area contributed by atoms with Gasteiger partial charge >= 0.3 is 80.8 Å². The summed E-state index contributed by atoms with van der Waals surface area (Å²) in [7, 11) is 0. The van der Waals surface area contributed by atoms with Crippen molar-refractivity contribution in [2.24, 2.45) is 0 Å². The summed E-state index contributed by atoms with van der Waals surface area (Å²) in [4.78, 5) is 0. The summed E-state index contributed by atoms with van der Waals surface area (Å²) in [6.45, 7) is 0. The van der Waals surface area contributed by atoms with Crippen molar-refractivity contribution in [2.75, 3.05) is 0 Å². The van der Waals surface area contributed by atoms with Crippen molar-refractivity contribution in [3.05, 3.63) is 0 Å². The first-order valence-electron chi connectivity index (χ1n) is 0.647. The summed E-state index contributed by atoms with van der Waals surface area (Å²) >= 11 is -5.12. The summed E-state index contributed by atoms with van der Waals surface area (Å²) < 4.78 is 31.8. The van der Waals surface area contributed by atoms with Crippen molar-refractivity contribution in [3.8, 4) is 0 Å². The molecule has 0 aromatic rings. The molecular formula is H3KMnO4Ti. The topological polar surface area (TPSA) is 74.6 Å². The molecule has 0 saturated heterocycles. The quantitative estimate of drug-likeness (QED) is 0.396. The Labute approximate surface area is 102 Å². The Morgan fingerprint density at radius 1 is 1.29 bits per heavy atom. The molecule has 0 aliphatic carbocycles. The average Bonchev–Trinajstić information content (AvgIpc) is 0.722. The van der Waals surface area contributed by atoms with Crippen molar-refractivity contribution in [1.82, 2.24) is 0 Å². The Balaban J connectivity index is -0.0000000267. The SMILES string of the molecule is [H-].[K+].[O]=[Mn](=[O])([OH])[OH].[Ti]. The van der Waals surface area contributed by atoms with Gasteiger partial charge in [0, 0.05) is 21.7 Å². The zero-order valence-electron chi connectivity index (χ0n) is 4.59. The zero-order chi connectivity index (χ0) is 4.50. The summed E-state index contributed by atoms with van der Waals surface area (Å²) in [6.07, 6.45) is 0. The van der Waals surface area contributed by atoms with E-state index in [0.717, 1.165) is 0 Å². The van der Waals surface area contributed by atoms with Gasteiger partial charge in [-0.3, -0.25) is 0 Å². The van der Waals surface area contributed by atoms with Crippen LogP contribution >= 0.6 is 0 Å². The largest absolute Gasteiger partial charge is 0 e. The van der Waals surface area contributed by atoms with Crippen LogP contribution in [0.2, 0.25) is 0 Å². The van der Waals surface area contributed by atoms with E-state index in [0.29, 0.717) is 0 Å². The van der Waals surface area contributed by atoms with Crippen molar-refractivity contribution in [3.63, 3.8) is 0 Å². The Morgan fingerprint density at radius 3 is 1.29 bits per heavy atom. The third-order valence-corrected chi connectivity index (χ3v) is 0. The third kappa shape index (κ3) is 60.0. The van der Waals surface area contributed by atoms with Gasteiger partial charge in [-0.15, -0.1) is 0 Å². The maximum atomic E-state index is 8.80. The normalized spacial score (nSPS) is 8.29. The van der Waals surface area contributed by atoms with Gasteiger partial charge < -0.3 is 1.43 Å². The van der Waals surface area contributed by atoms with Gasteiger partial charge in [0.1, 0.15) is 0 Å². The monoisotopic (exact) mass is 209 g/mol. The van der Waals surface area contributed by atoms with Crippen molar-refractivity contribution in [2.45, 2.75) is 0 Å². The first-order valence-corrected chi connectivity index (χ1v) is 2.67. The van der Waals surface area contributed by atoms with Gasteiger partial charge in [-0.05, 0) is 0 Å². The zero-order valence-corrected chi connectivity index (χ0v) is 9.45. The number of hydrogen-bond donors (Lipinski definition) is 2. The summed E-state index contributed by atoms with van der Waals surface area (Å²) in [6, 6.07) is 0. The molecule has 7 heavy (non-hydrogen) atoms. The van der Waals surface area contributed by atoms with Gasteiger partial charge in [0.25, 0.3) is 0 Å². The second kappa shape index (κ2) is 6.51. The van der Waals surface area contributed by atoms with Crippen LogP contribution in [0.1, 0.15) is 1.43 Å². The molecule has 0 aliphatic heterocycles. The van der Waals surface area contributed by atoms with Gasteiger partial charge in [0.15, 0.2) is 0 Å². The molecule has 0 heterocycles. The minimum Gasteiger partial charge on any atom is 0 e. The van der Waals surface area contributed by atoms with Crippen molar-refractivity contribution < 1.29 is 104 Å².